The van der Waals surface area contributed by atoms with E-state index in [1.165, 1.54) is 18.7 Å². The molecule has 0 aromatic carbocycles. The quantitative estimate of drug-likeness (QED) is 0.578. The minimum atomic E-state index is -0.737. The van der Waals surface area contributed by atoms with Gasteiger partial charge < -0.3 is 0 Å². The van der Waals surface area contributed by atoms with Gasteiger partial charge in [0, 0.05) is 0 Å². The topological polar surface area (TPSA) is 17.1 Å². The lowest BCUT2D eigenvalue weighted by Gasteiger charge is -1.98. The Labute approximate surface area is 65.4 Å². The first kappa shape index (κ1) is 9.95. The first-order valence-electron chi connectivity index (χ1n) is 3.34. The molecule has 10 heavy (non-hydrogen) atoms. The van der Waals surface area contributed by atoms with Crippen molar-refractivity contribution in [2.24, 2.45) is 0 Å². The van der Waals surface area contributed by atoms with E-state index in [1.54, 1.807) is 6.92 Å². The van der Waals surface area contributed by atoms with Gasteiger partial charge in [-0.2, -0.15) is 11.8 Å². The molecule has 0 aliphatic carbocycles. The van der Waals surface area contributed by atoms with Crippen LogP contribution in [0.5, 0.6) is 0 Å². The fraction of sp³-hybridized carbons (Fsp3) is 0.857. The van der Waals surface area contributed by atoms with Crippen molar-refractivity contribution in [3.63, 3.8) is 0 Å². The number of ketones is 1. The highest BCUT2D eigenvalue weighted by atomic mass is 32.2. The van der Waals surface area contributed by atoms with E-state index in [1.807, 2.05) is 0 Å². The van der Waals surface area contributed by atoms with E-state index in [0.717, 1.165) is 5.75 Å². The number of halogens is 1. The molecule has 0 amide bonds. The monoisotopic (exact) mass is 164 g/mol. The number of carbonyl (C=O) groups is 1. The van der Waals surface area contributed by atoms with E-state index in [4.69, 9.17) is 0 Å². The summed E-state index contributed by atoms with van der Waals surface area (Å²) in [4.78, 5) is 10.4. The predicted octanol–water partition coefficient (Wildman–Crippen LogP) is 2.06. The van der Waals surface area contributed by atoms with Gasteiger partial charge in [-0.1, -0.05) is 0 Å². The van der Waals surface area contributed by atoms with E-state index >= 15 is 0 Å². The summed E-state index contributed by atoms with van der Waals surface area (Å²) in [6, 6.07) is 0. The number of hydrogen-bond acceptors (Lipinski definition) is 2. The molecule has 3 heteroatoms. The normalized spacial score (nSPS) is 13.1. The lowest BCUT2D eigenvalue weighted by atomic mass is 10.3. The molecule has 0 rings (SSSR count). The van der Waals surface area contributed by atoms with Gasteiger partial charge in [-0.3, -0.25) is 4.79 Å². The summed E-state index contributed by atoms with van der Waals surface area (Å²) in [6.45, 7) is 3.08. The predicted molar refractivity (Wildman–Crippen MR) is 43.2 cm³/mol. The molecule has 0 saturated heterocycles. The zero-order chi connectivity index (χ0) is 7.98. The van der Waals surface area contributed by atoms with E-state index in [-0.39, 0.29) is 5.78 Å². The summed E-state index contributed by atoms with van der Waals surface area (Å²) in [7, 11) is 0. The Kier molecular flexibility index (Phi) is 5.69. The maximum atomic E-state index is 12.1. The van der Waals surface area contributed by atoms with Crippen molar-refractivity contribution in [3.05, 3.63) is 0 Å². The Balaban J connectivity index is 2.98. The zero-order valence-corrected chi connectivity index (χ0v) is 7.21. The third kappa shape index (κ3) is 7.95. The molecule has 0 aliphatic rings. The van der Waals surface area contributed by atoms with Gasteiger partial charge in [0.05, 0.1) is 11.9 Å². The van der Waals surface area contributed by atoms with Crippen molar-refractivity contribution in [1.29, 1.82) is 0 Å². The zero-order valence-electron chi connectivity index (χ0n) is 6.39. The SMILES string of the molecule is CC(=O)CSCCC(C)F. The average Bonchev–Trinajstić information content (AvgIpc) is 1.79. The van der Waals surface area contributed by atoms with Crippen molar-refractivity contribution < 1.29 is 9.18 Å². The maximum absolute atomic E-state index is 12.1. The van der Waals surface area contributed by atoms with Gasteiger partial charge in [0.1, 0.15) is 5.78 Å². The van der Waals surface area contributed by atoms with E-state index < -0.39 is 6.17 Å². The van der Waals surface area contributed by atoms with E-state index in [2.05, 4.69) is 0 Å². The Morgan fingerprint density at radius 2 is 2.30 bits per heavy atom. The molecule has 1 atom stereocenters. The standard InChI is InChI=1S/C7H13FOS/c1-6(8)3-4-10-5-7(2)9/h6H,3-5H2,1-2H3. The molecule has 0 N–H and O–H groups in total. The molecule has 0 aliphatic heterocycles. The molecule has 0 heterocycles. The van der Waals surface area contributed by atoms with Crippen LogP contribution in [-0.4, -0.2) is 23.5 Å². The fourth-order valence-corrected chi connectivity index (χ4v) is 1.38. The van der Waals surface area contributed by atoms with Gasteiger partial charge in [-0.15, -0.1) is 0 Å². The Morgan fingerprint density at radius 1 is 1.70 bits per heavy atom. The lowest BCUT2D eigenvalue weighted by molar-refractivity contribution is -0.114. The van der Waals surface area contributed by atoms with Crippen molar-refractivity contribution in [2.45, 2.75) is 26.4 Å². The number of hydrogen-bond donors (Lipinski definition) is 0. The van der Waals surface area contributed by atoms with Crippen LogP contribution in [0.2, 0.25) is 0 Å². The summed E-state index contributed by atoms with van der Waals surface area (Å²) in [6.07, 6.45) is -0.183. The highest BCUT2D eigenvalue weighted by Gasteiger charge is 1.98. The van der Waals surface area contributed by atoms with Crippen molar-refractivity contribution in [2.75, 3.05) is 11.5 Å². The van der Waals surface area contributed by atoms with Crippen molar-refractivity contribution in [1.82, 2.24) is 0 Å². The molecule has 60 valence electrons. The van der Waals surface area contributed by atoms with Crippen molar-refractivity contribution in [3.8, 4) is 0 Å². The molecule has 0 fully saturated rings. The van der Waals surface area contributed by atoms with Gasteiger partial charge in [-0.05, 0) is 26.0 Å². The van der Waals surface area contributed by atoms with E-state index in [9.17, 15) is 9.18 Å². The summed E-state index contributed by atoms with van der Waals surface area (Å²) in [5.41, 5.74) is 0. The fourth-order valence-electron chi connectivity index (χ4n) is 0.462. The molecule has 1 nitrogen and oxygen atoms in total. The lowest BCUT2D eigenvalue weighted by Crippen LogP contribution is -1.98. The van der Waals surface area contributed by atoms with Gasteiger partial charge >= 0.3 is 0 Å². The van der Waals surface area contributed by atoms with Gasteiger partial charge in [0.15, 0.2) is 0 Å². The van der Waals surface area contributed by atoms with Crippen LogP contribution >= 0.6 is 11.8 Å². The van der Waals surface area contributed by atoms with Gasteiger partial charge in [0.2, 0.25) is 0 Å². The molecule has 1 unspecified atom stereocenters. The summed E-state index contributed by atoms with van der Waals surface area (Å²) < 4.78 is 12.1. The summed E-state index contributed by atoms with van der Waals surface area (Å²) >= 11 is 1.50. The second-order valence-electron chi connectivity index (χ2n) is 2.32. The molecule has 0 spiro atoms. The Hall–Kier alpha value is -0.0500. The number of rotatable bonds is 5. The third-order valence-electron chi connectivity index (χ3n) is 0.965. The first-order valence-corrected chi connectivity index (χ1v) is 4.49. The molecule has 0 aromatic rings. The van der Waals surface area contributed by atoms with Crippen LogP contribution in [0.1, 0.15) is 20.3 Å². The largest absolute Gasteiger partial charge is 0.299 e. The minimum Gasteiger partial charge on any atom is -0.299 e. The number of carbonyl (C=O) groups excluding carboxylic acids is 1. The second-order valence-corrected chi connectivity index (χ2v) is 3.43. The summed E-state index contributed by atoms with van der Waals surface area (Å²) in [5.74, 6) is 1.43. The molecular formula is C7H13FOS. The van der Waals surface area contributed by atoms with Crippen LogP contribution in [0.4, 0.5) is 4.39 Å². The first-order chi connectivity index (χ1) is 4.63. The van der Waals surface area contributed by atoms with E-state index in [0.29, 0.717) is 12.2 Å². The van der Waals surface area contributed by atoms with Crippen molar-refractivity contribution >= 4 is 17.5 Å². The van der Waals surface area contributed by atoms with Crippen LogP contribution in [-0.2, 0) is 4.79 Å². The van der Waals surface area contributed by atoms with Crippen LogP contribution < -0.4 is 0 Å². The number of Topliss-reactive ketones (excluding diaryl/α,β-unsaturated/α-hetero) is 1. The van der Waals surface area contributed by atoms with Crippen LogP contribution in [0.3, 0.4) is 0 Å². The van der Waals surface area contributed by atoms with Gasteiger partial charge in [-0.25, -0.2) is 4.39 Å². The highest BCUT2D eigenvalue weighted by molar-refractivity contribution is 7.99. The highest BCUT2D eigenvalue weighted by Crippen LogP contribution is 2.06. The maximum Gasteiger partial charge on any atom is 0.139 e. The van der Waals surface area contributed by atoms with Crippen LogP contribution in [0.25, 0.3) is 0 Å². The molecule has 0 bridgehead atoms. The Morgan fingerprint density at radius 3 is 2.70 bits per heavy atom. The minimum absolute atomic E-state index is 0.163. The summed E-state index contributed by atoms with van der Waals surface area (Å²) in [5, 5.41) is 0. The van der Waals surface area contributed by atoms with Gasteiger partial charge in [0.25, 0.3) is 0 Å². The van der Waals surface area contributed by atoms with Crippen LogP contribution in [0.15, 0.2) is 0 Å². The third-order valence-corrected chi connectivity index (χ3v) is 2.10. The molecular weight excluding hydrogens is 151 g/mol. The van der Waals surface area contributed by atoms with Crippen LogP contribution in [0, 0.1) is 0 Å². The molecule has 0 radical (unpaired) electrons. The second kappa shape index (κ2) is 5.71. The number of thioether (sulfide) groups is 1. The average molecular weight is 164 g/mol. The molecule has 0 saturated carbocycles. The number of alkyl halides is 1. The Bertz CT molecular complexity index is 104. The smallest absolute Gasteiger partial charge is 0.139 e. The molecule has 0 aromatic heterocycles.